The van der Waals surface area contributed by atoms with Gasteiger partial charge in [-0.1, -0.05) is 0 Å². The summed E-state index contributed by atoms with van der Waals surface area (Å²) in [5.74, 6) is 0.774. The van der Waals surface area contributed by atoms with E-state index in [-0.39, 0.29) is 18.4 Å². The average molecular weight is 447 g/mol. The molecule has 3 atom stereocenters. The van der Waals surface area contributed by atoms with Crippen LogP contribution in [-0.4, -0.2) is 44.1 Å². The molecule has 5 heterocycles. The number of imidazole rings is 1. The molecule has 3 aromatic heterocycles. The van der Waals surface area contributed by atoms with Gasteiger partial charge in [-0.2, -0.15) is 13.2 Å². The number of rotatable bonds is 5. The summed E-state index contributed by atoms with van der Waals surface area (Å²) in [6.07, 6.45) is -0.0217. The minimum Gasteiger partial charge on any atom is -0.475 e. The molecule has 32 heavy (non-hydrogen) atoms. The summed E-state index contributed by atoms with van der Waals surface area (Å²) in [4.78, 5) is 15.1. The molecule has 10 heteroatoms. The van der Waals surface area contributed by atoms with E-state index < -0.39 is 17.6 Å². The molecule has 0 spiro atoms. The number of ether oxygens (including phenoxy) is 1. The topological polar surface area (TPSA) is 56.1 Å². The number of nitrogens with zero attached hydrogens (tertiary/aromatic N) is 5. The van der Waals surface area contributed by atoms with Gasteiger partial charge in [-0.25, -0.2) is 19.3 Å². The van der Waals surface area contributed by atoms with E-state index in [4.69, 9.17) is 9.72 Å². The lowest BCUT2D eigenvalue weighted by molar-refractivity contribution is -0.138. The zero-order valence-corrected chi connectivity index (χ0v) is 17.1. The molecule has 3 aromatic rings. The van der Waals surface area contributed by atoms with Crippen molar-refractivity contribution < 1.29 is 22.3 Å². The van der Waals surface area contributed by atoms with Crippen molar-refractivity contribution in [2.24, 2.45) is 17.8 Å². The summed E-state index contributed by atoms with van der Waals surface area (Å²) in [6, 6.07) is 2.51. The molecule has 6 nitrogen and oxygen atoms in total. The van der Waals surface area contributed by atoms with Gasteiger partial charge in [0.05, 0.1) is 24.2 Å². The van der Waals surface area contributed by atoms with Gasteiger partial charge in [0, 0.05) is 37.9 Å². The molecule has 1 saturated carbocycles. The molecule has 6 rings (SSSR count). The van der Waals surface area contributed by atoms with Gasteiger partial charge in [-0.3, -0.25) is 4.90 Å². The van der Waals surface area contributed by atoms with Crippen LogP contribution < -0.4 is 4.74 Å². The van der Waals surface area contributed by atoms with E-state index in [9.17, 15) is 17.6 Å². The number of aromatic nitrogens is 4. The van der Waals surface area contributed by atoms with Gasteiger partial charge in [0.2, 0.25) is 5.88 Å². The predicted molar refractivity (Wildman–Crippen MR) is 106 cm³/mol. The van der Waals surface area contributed by atoms with Crippen LogP contribution in [0.1, 0.15) is 23.4 Å². The summed E-state index contributed by atoms with van der Waals surface area (Å²) in [6.45, 7) is 3.82. The van der Waals surface area contributed by atoms with Crippen LogP contribution in [0.3, 0.4) is 0 Å². The highest BCUT2D eigenvalue weighted by atomic mass is 19.4. The summed E-state index contributed by atoms with van der Waals surface area (Å²) in [5, 5.41) is 0. The Hall–Kier alpha value is -2.75. The smallest absolute Gasteiger partial charge is 0.417 e. The fourth-order valence-electron chi connectivity index (χ4n) is 5.33. The quantitative estimate of drug-likeness (QED) is 0.559. The van der Waals surface area contributed by atoms with Crippen molar-refractivity contribution in [3.8, 4) is 5.88 Å². The molecular weight excluding hydrogens is 426 g/mol. The zero-order chi connectivity index (χ0) is 22.0. The van der Waals surface area contributed by atoms with E-state index in [1.165, 1.54) is 5.56 Å². The van der Waals surface area contributed by atoms with Crippen LogP contribution in [0.15, 0.2) is 24.5 Å². The first-order chi connectivity index (χ1) is 15.4. The summed E-state index contributed by atoms with van der Waals surface area (Å²) >= 11 is 0. The van der Waals surface area contributed by atoms with Crippen molar-refractivity contribution in [3.05, 3.63) is 47.3 Å². The van der Waals surface area contributed by atoms with Crippen molar-refractivity contribution in [3.63, 3.8) is 0 Å². The Bertz CT molecular complexity index is 1180. The van der Waals surface area contributed by atoms with Gasteiger partial charge in [-0.05, 0) is 42.4 Å². The second-order valence-electron chi connectivity index (χ2n) is 8.93. The number of fused-ring (bicyclic) bond motifs is 1. The van der Waals surface area contributed by atoms with E-state index >= 15 is 0 Å². The third-order valence-electron chi connectivity index (χ3n) is 6.99. The first-order valence-corrected chi connectivity index (χ1v) is 10.8. The van der Waals surface area contributed by atoms with E-state index in [0.717, 1.165) is 56.0 Å². The van der Waals surface area contributed by atoms with Gasteiger partial charge >= 0.3 is 6.18 Å². The SMILES string of the molecule is Fc1cc(C(F)(F)F)cnc1OCC1[C@H]2CN(Cc3nc4nccc5c4n3CCC5)C[C@@H]12. The Kier molecular flexibility index (Phi) is 4.43. The van der Waals surface area contributed by atoms with Gasteiger partial charge in [0.15, 0.2) is 11.5 Å². The fourth-order valence-corrected chi connectivity index (χ4v) is 5.33. The Morgan fingerprint density at radius 2 is 1.97 bits per heavy atom. The van der Waals surface area contributed by atoms with E-state index in [0.29, 0.717) is 24.1 Å². The number of alkyl halides is 3. The maximum Gasteiger partial charge on any atom is 0.417 e. The standard InChI is InChI=1S/C22H21F4N5O/c23-17-6-13(22(24,25)26)7-28-21(17)32-11-16-14-8-30(9-15(14)16)10-18-29-20-19-12(3-4-27-20)2-1-5-31(18)19/h3-4,6-7,14-16H,1-2,5,8-11H2/t14-,15+,16?. The monoisotopic (exact) mass is 447 g/mol. The number of hydrogen-bond acceptors (Lipinski definition) is 5. The Morgan fingerprint density at radius 1 is 1.16 bits per heavy atom. The summed E-state index contributed by atoms with van der Waals surface area (Å²) in [7, 11) is 0. The maximum atomic E-state index is 13.9. The van der Waals surface area contributed by atoms with Crippen LogP contribution in [0, 0.1) is 23.6 Å². The molecule has 0 N–H and O–H groups in total. The first-order valence-electron chi connectivity index (χ1n) is 10.8. The van der Waals surface area contributed by atoms with E-state index in [2.05, 4.69) is 25.5 Å². The van der Waals surface area contributed by atoms with Gasteiger partial charge < -0.3 is 9.30 Å². The van der Waals surface area contributed by atoms with Crippen LogP contribution in [0.25, 0.3) is 11.2 Å². The molecule has 0 amide bonds. The predicted octanol–water partition coefficient (Wildman–Crippen LogP) is 3.69. The Morgan fingerprint density at radius 3 is 2.72 bits per heavy atom. The van der Waals surface area contributed by atoms with Gasteiger partial charge in [-0.15, -0.1) is 0 Å². The zero-order valence-electron chi connectivity index (χ0n) is 17.1. The third-order valence-corrected chi connectivity index (χ3v) is 6.99. The normalized spacial score (nSPS) is 24.7. The van der Waals surface area contributed by atoms with Crippen LogP contribution in [0.5, 0.6) is 5.88 Å². The lowest BCUT2D eigenvalue weighted by Crippen LogP contribution is -2.27. The van der Waals surface area contributed by atoms with Crippen LogP contribution >= 0.6 is 0 Å². The minimum absolute atomic E-state index is 0.268. The maximum absolute atomic E-state index is 13.9. The van der Waals surface area contributed by atoms with Crippen LogP contribution in [-0.2, 0) is 25.7 Å². The van der Waals surface area contributed by atoms with Crippen molar-refractivity contribution in [2.75, 3.05) is 19.7 Å². The fraction of sp³-hybridized carbons (Fsp3) is 0.500. The second kappa shape index (κ2) is 7.13. The molecule has 0 radical (unpaired) electrons. The van der Waals surface area contributed by atoms with Crippen molar-refractivity contribution in [1.82, 2.24) is 24.4 Å². The van der Waals surface area contributed by atoms with Gasteiger partial charge in [0.1, 0.15) is 5.82 Å². The average Bonchev–Trinajstić information content (AvgIpc) is 3.06. The number of halogens is 4. The number of likely N-dealkylation sites (tertiary alicyclic amines) is 1. The molecule has 0 aromatic carbocycles. The summed E-state index contributed by atoms with van der Waals surface area (Å²) < 4.78 is 59.6. The lowest BCUT2D eigenvalue weighted by atomic mass is 10.1. The number of piperidine rings is 1. The number of hydrogen-bond donors (Lipinski definition) is 0. The molecular formula is C22H21F4N5O. The highest BCUT2D eigenvalue weighted by Crippen LogP contribution is 2.52. The lowest BCUT2D eigenvalue weighted by Gasteiger charge is -2.21. The minimum atomic E-state index is -4.62. The molecule has 3 aliphatic rings. The summed E-state index contributed by atoms with van der Waals surface area (Å²) in [5.41, 5.74) is 2.18. The first kappa shape index (κ1) is 19.9. The largest absolute Gasteiger partial charge is 0.475 e. The highest BCUT2D eigenvalue weighted by molar-refractivity contribution is 5.76. The molecule has 1 saturated heterocycles. The Labute approximate surface area is 181 Å². The number of aryl methyl sites for hydroxylation is 2. The second-order valence-corrected chi connectivity index (χ2v) is 8.93. The molecule has 0 bridgehead atoms. The van der Waals surface area contributed by atoms with E-state index in [1.807, 2.05) is 6.20 Å². The van der Waals surface area contributed by atoms with Crippen molar-refractivity contribution >= 4 is 11.2 Å². The van der Waals surface area contributed by atoms with Crippen molar-refractivity contribution in [2.45, 2.75) is 32.1 Å². The van der Waals surface area contributed by atoms with E-state index in [1.54, 1.807) is 0 Å². The molecule has 2 aliphatic heterocycles. The Balaban J connectivity index is 1.06. The van der Waals surface area contributed by atoms with Crippen LogP contribution in [0.4, 0.5) is 17.6 Å². The number of pyridine rings is 2. The molecule has 1 aliphatic carbocycles. The molecule has 168 valence electrons. The molecule has 2 fully saturated rings. The third kappa shape index (κ3) is 3.32. The van der Waals surface area contributed by atoms with Crippen molar-refractivity contribution in [1.29, 1.82) is 0 Å². The molecule has 1 unspecified atom stereocenters. The van der Waals surface area contributed by atoms with Crippen LogP contribution in [0.2, 0.25) is 0 Å². The van der Waals surface area contributed by atoms with Gasteiger partial charge in [0.25, 0.3) is 0 Å². The highest BCUT2D eigenvalue weighted by Gasteiger charge is 2.56.